The van der Waals surface area contributed by atoms with Gasteiger partial charge in [-0.15, -0.1) is 0 Å². The van der Waals surface area contributed by atoms with E-state index in [4.69, 9.17) is 10.5 Å². The van der Waals surface area contributed by atoms with Crippen LogP contribution >= 0.6 is 11.8 Å². The Kier molecular flexibility index (Phi) is 4.82. The Labute approximate surface area is 118 Å². The molecule has 1 aromatic carbocycles. The lowest BCUT2D eigenvalue weighted by Crippen LogP contribution is -2.10. The summed E-state index contributed by atoms with van der Waals surface area (Å²) in [5.74, 6) is 0.864. The molecule has 1 aromatic heterocycles. The zero-order valence-electron chi connectivity index (χ0n) is 11.2. The zero-order valence-corrected chi connectivity index (χ0v) is 12.0. The molecule has 0 aliphatic carbocycles. The lowest BCUT2D eigenvalue weighted by Gasteiger charge is -2.09. The maximum atomic E-state index is 5.95. The van der Waals surface area contributed by atoms with E-state index in [1.54, 1.807) is 18.9 Å². The molecule has 0 aliphatic heterocycles. The Bertz CT molecular complexity index is 528. The van der Waals surface area contributed by atoms with Crippen LogP contribution in [0, 0.1) is 0 Å². The Balaban J connectivity index is 2.10. The first-order valence-electron chi connectivity index (χ1n) is 6.26. The molecular formula is C15H18N2OS. The molecule has 0 saturated carbocycles. The third kappa shape index (κ3) is 3.72. The molecule has 2 N–H and O–H groups in total. The van der Waals surface area contributed by atoms with Crippen LogP contribution in [0.4, 0.5) is 0 Å². The molecular weight excluding hydrogens is 256 g/mol. The lowest BCUT2D eigenvalue weighted by atomic mass is 10.1. The molecule has 100 valence electrons. The Morgan fingerprint density at radius 3 is 2.74 bits per heavy atom. The fraction of sp³-hybridized carbons (Fsp3) is 0.267. The minimum atomic E-state index is 0.0240. The van der Waals surface area contributed by atoms with Crippen LogP contribution in [-0.2, 0) is 0 Å². The number of rotatable bonds is 5. The van der Waals surface area contributed by atoms with Gasteiger partial charge in [0.25, 0.3) is 0 Å². The van der Waals surface area contributed by atoms with Crippen molar-refractivity contribution in [2.45, 2.75) is 29.2 Å². The number of pyridine rings is 1. The summed E-state index contributed by atoms with van der Waals surface area (Å²) in [4.78, 5) is 6.64. The second-order valence-electron chi connectivity index (χ2n) is 4.21. The average molecular weight is 274 g/mol. The molecule has 3 nitrogen and oxygen atoms in total. The van der Waals surface area contributed by atoms with Gasteiger partial charge in [-0.1, -0.05) is 24.8 Å². The second-order valence-corrected chi connectivity index (χ2v) is 5.36. The van der Waals surface area contributed by atoms with Gasteiger partial charge in [0.15, 0.2) is 0 Å². The maximum Gasteiger partial charge on any atom is 0.119 e. The molecule has 4 heteroatoms. The van der Waals surface area contributed by atoms with Gasteiger partial charge in [-0.3, -0.25) is 4.98 Å². The quantitative estimate of drug-likeness (QED) is 0.904. The molecule has 0 fully saturated rings. The minimum Gasteiger partial charge on any atom is -0.497 e. The number of aromatic nitrogens is 1. The van der Waals surface area contributed by atoms with E-state index in [2.05, 4.69) is 24.0 Å². The third-order valence-corrected chi connectivity index (χ3v) is 3.82. The van der Waals surface area contributed by atoms with Crippen molar-refractivity contribution in [1.29, 1.82) is 0 Å². The molecule has 0 bridgehead atoms. The average Bonchev–Trinajstić information content (AvgIpc) is 2.47. The van der Waals surface area contributed by atoms with Crippen molar-refractivity contribution < 1.29 is 4.74 Å². The SMILES string of the molecule is CC[C@@H](N)c1ccc(Sc2cccc(OC)c2)cn1. The molecule has 1 heterocycles. The molecule has 2 aromatic rings. The monoisotopic (exact) mass is 274 g/mol. The topological polar surface area (TPSA) is 48.1 Å². The Morgan fingerprint density at radius 2 is 2.11 bits per heavy atom. The molecule has 1 atom stereocenters. The number of hydrogen-bond acceptors (Lipinski definition) is 4. The number of hydrogen-bond donors (Lipinski definition) is 1. The molecule has 19 heavy (non-hydrogen) atoms. The highest BCUT2D eigenvalue weighted by Gasteiger charge is 2.05. The van der Waals surface area contributed by atoms with Crippen molar-refractivity contribution in [2.75, 3.05) is 7.11 Å². The number of nitrogens with zero attached hydrogens (tertiary/aromatic N) is 1. The number of benzene rings is 1. The van der Waals surface area contributed by atoms with E-state index >= 15 is 0 Å². The first-order valence-corrected chi connectivity index (χ1v) is 7.08. The van der Waals surface area contributed by atoms with Gasteiger partial charge in [0.05, 0.1) is 12.8 Å². The minimum absolute atomic E-state index is 0.0240. The van der Waals surface area contributed by atoms with E-state index in [0.29, 0.717) is 0 Å². The standard InChI is InChI=1S/C15H18N2OS/c1-3-14(16)15-8-7-13(10-17-15)19-12-6-4-5-11(9-12)18-2/h4-10,14H,3,16H2,1-2H3/t14-/m1/s1. The van der Waals surface area contributed by atoms with Crippen LogP contribution in [0.3, 0.4) is 0 Å². The van der Waals surface area contributed by atoms with Gasteiger partial charge in [-0.25, -0.2) is 0 Å². The van der Waals surface area contributed by atoms with Crippen molar-refractivity contribution in [2.24, 2.45) is 5.73 Å². The summed E-state index contributed by atoms with van der Waals surface area (Å²) < 4.78 is 5.21. The number of ether oxygens (including phenoxy) is 1. The smallest absolute Gasteiger partial charge is 0.119 e. The van der Waals surface area contributed by atoms with E-state index in [9.17, 15) is 0 Å². The van der Waals surface area contributed by atoms with E-state index in [1.165, 1.54) is 0 Å². The van der Waals surface area contributed by atoms with E-state index in [1.807, 2.05) is 30.5 Å². The molecule has 0 saturated heterocycles. The second kappa shape index (κ2) is 6.59. The van der Waals surface area contributed by atoms with Gasteiger partial charge in [-0.2, -0.15) is 0 Å². The van der Waals surface area contributed by atoms with E-state index in [0.717, 1.165) is 27.7 Å². The van der Waals surface area contributed by atoms with Crippen LogP contribution in [0.15, 0.2) is 52.4 Å². The normalized spacial score (nSPS) is 12.2. The summed E-state index contributed by atoms with van der Waals surface area (Å²) in [5, 5.41) is 0. The number of nitrogens with two attached hydrogens (primary N) is 1. The third-order valence-electron chi connectivity index (χ3n) is 2.86. The van der Waals surface area contributed by atoms with Crippen LogP contribution in [0.25, 0.3) is 0 Å². The first kappa shape index (κ1) is 13.9. The van der Waals surface area contributed by atoms with Crippen molar-refractivity contribution in [1.82, 2.24) is 4.98 Å². The molecule has 0 amide bonds. The molecule has 0 unspecified atom stereocenters. The Morgan fingerprint density at radius 1 is 1.26 bits per heavy atom. The van der Waals surface area contributed by atoms with Crippen LogP contribution in [0.5, 0.6) is 5.75 Å². The summed E-state index contributed by atoms with van der Waals surface area (Å²) >= 11 is 1.66. The van der Waals surface area contributed by atoms with Crippen molar-refractivity contribution in [3.05, 3.63) is 48.3 Å². The predicted molar refractivity (Wildman–Crippen MR) is 78.6 cm³/mol. The molecule has 0 radical (unpaired) electrons. The summed E-state index contributed by atoms with van der Waals surface area (Å²) in [6.45, 7) is 2.06. The molecule has 0 aliphatic rings. The molecule has 2 rings (SSSR count). The van der Waals surface area contributed by atoms with Gasteiger partial charge >= 0.3 is 0 Å². The van der Waals surface area contributed by atoms with Crippen molar-refractivity contribution in [3.63, 3.8) is 0 Å². The predicted octanol–water partition coefficient (Wildman–Crippen LogP) is 3.65. The van der Waals surface area contributed by atoms with Gasteiger partial charge in [0, 0.05) is 22.0 Å². The zero-order chi connectivity index (χ0) is 13.7. The first-order chi connectivity index (χ1) is 9.22. The largest absolute Gasteiger partial charge is 0.497 e. The fourth-order valence-electron chi connectivity index (χ4n) is 1.68. The van der Waals surface area contributed by atoms with Crippen LogP contribution < -0.4 is 10.5 Å². The van der Waals surface area contributed by atoms with Gasteiger partial charge in [-0.05, 0) is 36.8 Å². The van der Waals surface area contributed by atoms with Gasteiger partial charge in [0.2, 0.25) is 0 Å². The van der Waals surface area contributed by atoms with Crippen LogP contribution in [-0.4, -0.2) is 12.1 Å². The van der Waals surface area contributed by atoms with Crippen LogP contribution in [0.2, 0.25) is 0 Å². The fourth-order valence-corrected chi connectivity index (χ4v) is 2.52. The lowest BCUT2D eigenvalue weighted by molar-refractivity contribution is 0.413. The molecule has 0 spiro atoms. The van der Waals surface area contributed by atoms with Gasteiger partial charge < -0.3 is 10.5 Å². The highest BCUT2D eigenvalue weighted by atomic mass is 32.2. The van der Waals surface area contributed by atoms with Gasteiger partial charge in [0.1, 0.15) is 5.75 Å². The summed E-state index contributed by atoms with van der Waals surface area (Å²) in [5.41, 5.74) is 6.89. The summed E-state index contributed by atoms with van der Waals surface area (Å²) in [6, 6.07) is 12.1. The van der Waals surface area contributed by atoms with Crippen molar-refractivity contribution in [3.8, 4) is 5.75 Å². The maximum absolute atomic E-state index is 5.95. The highest BCUT2D eigenvalue weighted by molar-refractivity contribution is 7.99. The summed E-state index contributed by atoms with van der Waals surface area (Å²) in [6.07, 6.45) is 2.77. The summed E-state index contributed by atoms with van der Waals surface area (Å²) in [7, 11) is 1.67. The highest BCUT2D eigenvalue weighted by Crippen LogP contribution is 2.29. The van der Waals surface area contributed by atoms with E-state index < -0.39 is 0 Å². The van der Waals surface area contributed by atoms with Crippen LogP contribution in [0.1, 0.15) is 25.1 Å². The van der Waals surface area contributed by atoms with Crippen molar-refractivity contribution >= 4 is 11.8 Å². The van der Waals surface area contributed by atoms with E-state index in [-0.39, 0.29) is 6.04 Å². The Hall–Kier alpha value is -1.52. The number of methoxy groups -OCH3 is 1.